The summed E-state index contributed by atoms with van der Waals surface area (Å²) in [6.45, 7) is 2.29. The molecule has 0 unspecified atom stereocenters. The number of rotatable bonds is 4. The van der Waals surface area contributed by atoms with Gasteiger partial charge in [-0.05, 0) is 36.8 Å². The largest absolute Gasteiger partial charge is 0.496 e. The van der Waals surface area contributed by atoms with Crippen LogP contribution in [0.3, 0.4) is 0 Å². The quantitative estimate of drug-likeness (QED) is 0.871. The summed E-state index contributed by atoms with van der Waals surface area (Å²) in [5.74, 6) is 0.505. The summed E-state index contributed by atoms with van der Waals surface area (Å²) in [5, 5.41) is 3.42. The van der Waals surface area contributed by atoms with Crippen molar-refractivity contribution < 1.29 is 9.53 Å². The molecular weight excluding hydrogens is 354 g/mol. The summed E-state index contributed by atoms with van der Waals surface area (Å²) in [6, 6.07) is 10.9. The van der Waals surface area contributed by atoms with Gasteiger partial charge < -0.3 is 10.1 Å². The molecule has 0 heterocycles. The summed E-state index contributed by atoms with van der Waals surface area (Å²) >= 11 is 9.57. The first-order chi connectivity index (χ1) is 10.0. The van der Waals surface area contributed by atoms with Crippen LogP contribution in [0.25, 0.3) is 0 Å². The van der Waals surface area contributed by atoms with Crippen LogP contribution >= 0.6 is 27.5 Å². The fraction of sp³-hybridized carbons (Fsp3) is 0.188. The Kier molecular flexibility index (Phi) is 5.26. The second-order valence-corrected chi connectivity index (χ2v) is 5.83. The van der Waals surface area contributed by atoms with Crippen molar-refractivity contribution in [2.75, 3.05) is 7.11 Å². The Hall–Kier alpha value is -1.52. The van der Waals surface area contributed by atoms with Gasteiger partial charge in [0.1, 0.15) is 5.75 Å². The van der Waals surface area contributed by atoms with Crippen molar-refractivity contribution in [3.8, 4) is 5.75 Å². The van der Waals surface area contributed by atoms with Gasteiger partial charge in [-0.3, -0.25) is 4.79 Å². The van der Waals surface area contributed by atoms with Gasteiger partial charge in [-0.2, -0.15) is 0 Å². The first kappa shape index (κ1) is 15.9. The number of nitrogens with one attached hydrogen (secondary N) is 1. The van der Waals surface area contributed by atoms with Gasteiger partial charge >= 0.3 is 0 Å². The molecule has 0 spiro atoms. The van der Waals surface area contributed by atoms with Crippen LogP contribution < -0.4 is 10.1 Å². The van der Waals surface area contributed by atoms with E-state index in [0.29, 0.717) is 22.9 Å². The van der Waals surface area contributed by atoms with Crippen LogP contribution in [0.2, 0.25) is 5.02 Å². The number of methoxy groups -OCH3 is 1. The third-order valence-corrected chi connectivity index (χ3v) is 4.36. The highest BCUT2D eigenvalue weighted by atomic mass is 79.9. The second kappa shape index (κ2) is 6.96. The first-order valence-corrected chi connectivity index (χ1v) is 7.55. The Morgan fingerprint density at radius 2 is 2.10 bits per heavy atom. The summed E-state index contributed by atoms with van der Waals surface area (Å²) in [7, 11) is 1.58. The second-order valence-electron chi connectivity index (χ2n) is 4.57. The van der Waals surface area contributed by atoms with Crippen molar-refractivity contribution in [2.45, 2.75) is 13.5 Å². The third kappa shape index (κ3) is 3.77. The molecule has 1 N–H and O–H groups in total. The van der Waals surface area contributed by atoms with Crippen LogP contribution in [0.5, 0.6) is 5.75 Å². The zero-order valence-corrected chi connectivity index (χ0v) is 14.1. The highest BCUT2D eigenvalue weighted by molar-refractivity contribution is 9.10. The predicted octanol–water partition coefficient (Wildman–Crippen LogP) is 4.35. The Morgan fingerprint density at radius 3 is 2.76 bits per heavy atom. The van der Waals surface area contributed by atoms with Gasteiger partial charge in [-0.15, -0.1) is 0 Å². The highest BCUT2D eigenvalue weighted by Crippen LogP contribution is 2.26. The molecular formula is C16H15BrClNO2. The Labute approximate surface area is 137 Å². The average Bonchev–Trinajstić information content (AvgIpc) is 2.48. The fourth-order valence-electron chi connectivity index (χ4n) is 1.91. The van der Waals surface area contributed by atoms with Crippen LogP contribution in [0.1, 0.15) is 21.5 Å². The number of hydrogen-bond acceptors (Lipinski definition) is 2. The molecule has 0 aliphatic rings. The monoisotopic (exact) mass is 367 g/mol. The Morgan fingerprint density at radius 1 is 1.33 bits per heavy atom. The molecule has 0 aliphatic carbocycles. The maximum absolute atomic E-state index is 12.2. The normalized spacial score (nSPS) is 10.3. The highest BCUT2D eigenvalue weighted by Gasteiger charge is 2.11. The van der Waals surface area contributed by atoms with E-state index >= 15 is 0 Å². The molecule has 0 radical (unpaired) electrons. The van der Waals surface area contributed by atoms with E-state index in [2.05, 4.69) is 21.2 Å². The first-order valence-electron chi connectivity index (χ1n) is 6.38. The third-order valence-electron chi connectivity index (χ3n) is 3.16. The zero-order valence-electron chi connectivity index (χ0n) is 11.7. The molecule has 2 rings (SSSR count). The van der Waals surface area contributed by atoms with Crippen LogP contribution in [0.4, 0.5) is 0 Å². The van der Waals surface area contributed by atoms with E-state index in [1.54, 1.807) is 25.3 Å². The molecule has 0 atom stereocenters. The molecule has 110 valence electrons. The fourth-order valence-corrected chi connectivity index (χ4v) is 2.52. The lowest BCUT2D eigenvalue weighted by Gasteiger charge is -2.11. The number of amides is 1. The number of carbonyl (C=O) groups excluding carboxylic acids is 1. The summed E-state index contributed by atoms with van der Waals surface area (Å²) < 4.78 is 6.16. The molecule has 3 nitrogen and oxygen atoms in total. The minimum absolute atomic E-state index is 0.155. The molecule has 0 aromatic heterocycles. The molecule has 0 saturated carbocycles. The van der Waals surface area contributed by atoms with Crippen molar-refractivity contribution in [1.29, 1.82) is 0 Å². The van der Waals surface area contributed by atoms with Crippen LogP contribution in [-0.4, -0.2) is 13.0 Å². The molecule has 0 bridgehead atoms. The average molecular weight is 369 g/mol. The van der Waals surface area contributed by atoms with Crippen LogP contribution in [0, 0.1) is 6.92 Å². The number of benzene rings is 2. The van der Waals surface area contributed by atoms with Gasteiger partial charge in [0.05, 0.1) is 7.11 Å². The summed E-state index contributed by atoms with van der Waals surface area (Å²) in [4.78, 5) is 12.2. The number of aryl methyl sites for hydroxylation is 1. The van der Waals surface area contributed by atoms with E-state index in [1.165, 1.54) is 0 Å². The number of halogens is 2. The van der Waals surface area contributed by atoms with Gasteiger partial charge in [0.15, 0.2) is 0 Å². The molecule has 2 aromatic rings. The lowest BCUT2D eigenvalue weighted by Crippen LogP contribution is -2.23. The number of ether oxygens (including phenoxy) is 1. The number of hydrogen-bond donors (Lipinski definition) is 1. The number of carbonyl (C=O) groups is 1. The standard InChI is InChI=1S/C16H15BrClNO2/c1-10-6-7-11(8-13(10)17)16(20)19-9-12-14(18)4-3-5-15(12)21-2/h3-8H,9H2,1-2H3,(H,19,20). The topological polar surface area (TPSA) is 38.3 Å². The smallest absolute Gasteiger partial charge is 0.251 e. The molecule has 0 saturated heterocycles. The lowest BCUT2D eigenvalue weighted by molar-refractivity contribution is 0.0950. The van der Waals surface area contributed by atoms with E-state index in [1.807, 2.05) is 25.1 Å². The maximum atomic E-state index is 12.2. The van der Waals surface area contributed by atoms with Crippen LogP contribution in [0.15, 0.2) is 40.9 Å². The minimum atomic E-state index is -0.155. The summed E-state index contributed by atoms with van der Waals surface area (Å²) in [5.41, 5.74) is 2.44. The van der Waals surface area contributed by atoms with E-state index in [-0.39, 0.29) is 5.91 Å². The van der Waals surface area contributed by atoms with E-state index < -0.39 is 0 Å². The van der Waals surface area contributed by atoms with Gasteiger partial charge in [0.2, 0.25) is 0 Å². The predicted molar refractivity (Wildman–Crippen MR) is 88.1 cm³/mol. The van der Waals surface area contributed by atoms with E-state index in [4.69, 9.17) is 16.3 Å². The Balaban J connectivity index is 2.13. The molecule has 2 aromatic carbocycles. The molecule has 0 fully saturated rings. The van der Waals surface area contributed by atoms with Crippen molar-refractivity contribution in [3.05, 3.63) is 62.6 Å². The van der Waals surface area contributed by atoms with E-state index in [9.17, 15) is 4.79 Å². The van der Waals surface area contributed by atoms with Crippen molar-refractivity contribution in [2.24, 2.45) is 0 Å². The molecule has 1 amide bonds. The van der Waals surface area contributed by atoms with Crippen molar-refractivity contribution in [1.82, 2.24) is 5.32 Å². The van der Waals surface area contributed by atoms with Crippen molar-refractivity contribution >= 4 is 33.4 Å². The van der Waals surface area contributed by atoms with Gasteiger partial charge in [-0.1, -0.05) is 39.7 Å². The lowest BCUT2D eigenvalue weighted by atomic mass is 10.1. The summed E-state index contributed by atoms with van der Waals surface area (Å²) in [6.07, 6.45) is 0. The van der Waals surface area contributed by atoms with Gasteiger partial charge in [0, 0.05) is 27.2 Å². The molecule has 21 heavy (non-hydrogen) atoms. The maximum Gasteiger partial charge on any atom is 0.251 e. The van der Waals surface area contributed by atoms with Crippen molar-refractivity contribution in [3.63, 3.8) is 0 Å². The minimum Gasteiger partial charge on any atom is -0.496 e. The SMILES string of the molecule is COc1cccc(Cl)c1CNC(=O)c1ccc(C)c(Br)c1. The zero-order chi connectivity index (χ0) is 15.4. The molecule has 0 aliphatic heterocycles. The van der Waals surface area contributed by atoms with Gasteiger partial charge in [0.25, 0.3) is 5.91 Å². The van der Waals surface area contributed by atoms with Crippen LogP contribution in [-0.2, 0) is 6.54 Å². The van der Waals surface area contributed by atoms with E-state index in [0.717, 1.165) is 15.6 Å². The molecule has 5 heteroatoms. The van der Waals surface area contributed by atoms with Gasteiger partial charge in [-0.25, -0.2) is 0 Å². The Bertz CT molecular complexity index is 673.